The predicted octanol–water partition coefficient (Wildman–Crippen LogP) is 0.939. The highest BCUT2D eigenvalue weighted by Gasteiger charge is 2.37. The van der Waals surface area contributed by atoms with E-state index in [1.165, 1.54) is 11.8 Å². The molecular weight excluding hydrogens is 272 g/mol. The molecule has 1 aliphatic rings. The van der Waals surface area contributed by atoms with Gasteiger partial charge in [-0.1, -0.05) is 30.3 Å². The number of carboxylic acids is 1. The second-order valence-electron chi connectivity index (χ2n) is 5.07. The molecule has 1 aliphatic heterocycles. The molecule has 0 unspecified atom stereocenters. The van der Waals surface area contributed by atoms with E-state index in [-0.39, 0.29) is 11.8 Å². The van der Waals surface area contributed by atoms with Gasteiger partial charge in [0.05, 0.1) is 0 Å². The highest BCUT2D eigenvalue weighted by molar-refractivity contribution is 5.91. The lowest BCUT2D eigenvalue weighted by Crippen LogP contribution is -2.47. The summed E-state index contributed by atoms with van der Waals surface area (Å²) in [6, 6.07) is 7.19. The van der Waals surface area contributed by atoms with Crippen LogP contribution < -0.4 is 5.32 Å². The molecule has 0 spiro atoms. The Bertz CT molecular complexity index is 544. The Morgan fingerprint density at radius 3 is 2.52 bits per heavy atom. The molecule has 6 nitrogen and oxygen atoms in total. The first-order valence-electron chi connectivity index (χ1n) is 6.86. The van der Waals surface area contributed by atoms with Crippen molar-refractivity contribution in [1.82, 2.24) is 10.2 Å². The Balaban J connectivity index is 2.26. The molecule has 0 aliphatic carbocycles. The summed E-state index contributed by atoms with van der Waals surface area (Å²) in [5.41, 5.74) is 0.647. The number of carbonyl (C=O) groups excluding carboxylic acids is 2. The first-order valence-corrected chi connectivity index (χ1v) is 6.86. The number of amides is 2. The molecule has 112 valence electrons. The summed E-state index contributed by atoms with van der Waals surface area (Å²) in [6.45, 7) is 1.74. The molecule has 1 aromatic rings. The van der Waals surface area contributed by atoms with E-state index in [1.54, 1.807) is 24.3 Å². The lowest BCUT2D eigenvalue weighted by atomic mass is 10.0. The number of benzene rings is 1. The molecule has 6 heteroatoms. The first kappa shape index (κ1) is 15.0. The standard InChI is InChI=1S/C15H18N2O4/c1-10(18)16-13(11-6-3-2-4-7-11)14(19)17-9-5-8-12(17)15(20)21/h2-4,6-7,12-13H,5,8-9H2,1H3,(H,16,18)(H,20,21)/t12-,13+/m0/s1. The van der Waals surface area contributed by atoms with E-state index in [1.807, 2.05) is 6.07 Å². The second-order valence-corrected chi connectivity index (χ2v) is 5.07. The van der Waals surface area contributed by atoms with E-state index in [0.29, 0.717) is 24.9 Å². The summed E-state index contributed by atoms with van der Waals surface area (Å²) >= 11 is 0. The normalized spacial score (nSPS) is 19.1. The molecular formula is C15H18N2O4. The first-order chi connectivity index (χ1) is 10.0. The number of carbonyl (C=O) groups is 3. The van der Waals surface area contributed by atoms with E-state index < -0.39 is 18.1 Å². The van der Waals surface area contributed by atoms with Crippen molar-refractivity contribution in [2.45, 2.75) is 31.8 Å². The van der Waals surface area contributed by atoms with Gasteiger partial charge in [-0.15, -0.1) is 0 Å². The Kier molecular flexibility index (Phi) is 4.57. The minimum absolute atomic E-state index is 0.330. The van der Waals surface area contributed by atoms with Crippen molar-refractivity contribution in [2.24, 2.45) is 0 Å². The summed E-state index contributed by atoms with van der Waals surface area (Å²) < 4.78 is 0. The van der Waals surface area contributed by atoms with E-state index in [9.17, 15) is 19.5 Å². The van der Waals surface area contributed by atoms with Gasteiger partial charge in [-0.2, -0.15) is 0 Å². The topological polar surface area (TPSA) is 86.7 Å². The number of rotatable bonds is 4. The molecule has 0 bridgehead atoms. The van der Waals surface area contributed by atoms with Crippen LogP contribution in [0.2, 0.25) is 0 Å². The van der Waals surface area contributed by atoms with Crippen LogP contribution in [-0.4, -0.2) is 40.4 Å². The third-order valence-electron chi connectivity index (χ3n) is 3.55. The van der Waals surface area contributed by atoms with Gasteiger partial charge in [-0.25, -0.2) is 4.79 Å². The molecule has 1 heterocycles. The number of likely N-dealkylation sites (tertiary alicyclic amines) is 1. The van der Waals surface area contributed by atoms with E-state index in [4.69, 9.17) is 0 Å². The highest BCUT2D eigenvalue weighted by Crippen LogP contribution is 2.23. The minimum Gasteiger partial charge on any atom is -0.480 e. The maximum absolute atomic E-state index is 12.6. The lowest BCUT2D eigenvalue weighted by Gasteiger charge is -2.27. The van der Waals surface area contributed by atoms with Crippen LogP contribution in [0.1, 0.15) is 31.4 Å². The van der Waals surface area contributed by atoms with Crippen molar-refractivity contribution >= 4 is 17.8 Å². The molecule has 2 N–H and O–H groups in total. The predicted molar refractivity (Wildman–Crippen MR) is 75.4 cm³/mol. The van der Waals surface area contributed by atoms with E-state index in [2.05, 4.69) is 5.32 Å². The van der Waals surface area contributed by atoms with Crippen molar-refractivity contribution in [3.63, 3.8) is 0 Å². The fraction of sp³-hybridized carbons (Fsp3) is 0.400. The average molecular weight is 290 g/mol. The summed E-state index contributed by atoms with van der Waals surface area (Å²) in [5.74, 6) is -1.71. The van der Waals surface area contributed by atoms with Gasteiger partial charge >= 0.3 is 5.97 Å². The SMILES string of the molecule is CC(=O)N[C@@H](C(=O)N1CCC[C@H]1C(=O)O)c1ccccc1. The largest absolute Gasteiger partial charge is 0.480 e. The summed E-state index contributed by atoms with van der Waals surface area (Å²) in [5, 5.41) is 11.8. The summed E-state index contributed by atoms with van der Waals surface area (Å²) in [7, 11) is 0. The number of hydrogen-bond acceptors (Lipinski definition) is 3. The molecule has 1 aromatic carbocycles. The Hall–Kier alpha value is -2.37. The van der Waals surface area contributed by atoms with Gasteiger partial charge in [-0.05, 0) is 18.4 Å². The van der Waals surface area contributed by atoms with Crippen LogP contribution in [-0.2, 0) is 14.4 Å². The van der Waals surface area contributed by atoms with Gasteiger partial charge in [0, 0.05) is 13.5 Å². The highest BCUT2D eigenvalue weighted by atomic mass is 16.4. The Labute approximate surface area is 122 Å². The molecule has 2 amide bonds. The Morgan fingerprint density at radius 2 is 1.95 bits per heavy atom. The van der Waals surface area contributed by atoms with Crippen molar-refractivity contribution in [3.05, 3.63) is 35.9 Å². The van der Waals surface area contributed by atoms with Gasteiger partial charge in [0.1, 0.15) is 12.1 Å². The quantitative estimate of drug-likeness (QED) is 0.864. The van der Waals surface area contributed by atoms with Crippen molar-refractivity contribution in [1.29, 1.82) is 0 Å². The molecule has 2 atom stereocenters. The van der Waals surface area contributed by atoms with Crippen LogP contribution in [0.25, 0.3) is 0 Å². The summed E-state index contributed by atoms with van der Waals surface area (Å²) in [4.78, 5) is 36.6. The van der Waals surface area contributed by atoms with Crippen LogP contribution in [0.15, 0.2) is 30.3 Å². The van der Waals surface area contributed by atoms with E-state index >= 15 is 0 Å². The lowest BCUT2D eigenvalue weighted by molar-refractivity contribution is -0.149. The smallest absolute Gasteiger partial charge is 0.326 e. The molecule has 21 heavy (non-hydrogen) atoms. The molecule has 0 aromatic heterocycles. The fourth-order valence-corrected chi connectivity index (χ4v) is 2.59. The zero-order valence-corrected chi connectivity index (χ0v) is 11.8. The third kappa shape index (κ3) is 3.39. The number of nitrogens with zero attached hydrogens (tertiary/aromatic N) is 1. The zero-order chi connectivity index (χ0) is 15.4. The molecule has 0 radical (unpaired) electrons. The number of nitrogens with one attached hydrogen (secondary N) is 1. The molecule has 1 fully saturated rings. The average Bonchev–Trinajstić information content (AvgIpc) is 2.94. The summed E-state index contributed by atoms with van der Waals surface area (Å²) in [6.07, 6.45) is 1.10. The zero-order valence-electron chi connectivity index (χ0n) is 11.8. The molecule has 1 saturated heterocycles. The van der Waals surface area contributed by atoms with Crippen LogP contribution in [0.5, 0.6) is 0 Å². The second kappa shape index (κ2) is 6.39. The van der Waals surface area contributed by atoms with Crippen LogP contribution in [0.3, 0.4) is 0 Å². The number of carboxylic acid groups (broad SMARTS) is 1. The number of hydrogen-bond donors (Lipinski definition) is 2. The maximum atomic E-state index is 12.6. The number of aliphatic carboxylic acids is 1. The van der Waals surface area contributed by atoms with Gasteiger partial charge in [0.25, 0.3) is 5.91 Å². The van der Waals surface area contributed by atoms with Gasteiger partial charge in [-0.3, -0.25) is 9.59 Å². The molecule has 2 rings (SSSR count). The fourth-order valence-electron chi connectivity index (χ4n) is 2.59. The van der Waals surface area contributed by atoms with Gasteiger partial charge in [0.15, 0.2) is 0 Å². The van der Waals surface area contributed by atoms with Crippen LogP contribution in [0, 0.1) is 0 Å². The van der Waals surface area contributed by atoms with Crippen molar-refractivity contribution in [3.8, 4) is 0 Å². The van der Waals surface area contributed by atoms with Gasteiger partial charge < -0.3 is 15.3 Å². The third-order valence-corrected chi connectivity index (χ3v) is 3.55. The van der Waals surface area contributed by atoms with Crippen LogP contribution in [0.4, 0.5) is 0 Å². The van der Waals surface area contributed by atoms with Gasteiger partial charge in [0.2, 0.25) is 5.91 Å². The monoisotopic (exact) mass is 290 g/mol. The van der Waals surface area contributed by atoms with Crippen molar-refractivity contribution < 1.29 is 19.5 Å². The van der Waals surface area contributed by atoms with Crippen molar-refractivity contribution in [2.75, 3.05) is 6.54 Å². The van der Waals surface area contributed by atoms with E-state index in [0.717, 1.165) is 0 Å². The maximum Gasteiger partial charge on any atom is 0.326 e. The van der Waals surface area contributed by atoms with Crippen LogP contribution >= 0.6 is 0 Å². The Morgan fingerprint density at radius 1 is 1.29 bits per heavy atom. The molecule has 0 saturated carbocycles. The minimum atomic E-state index is -1.00.